The number of nitrogens with zero attached hydrogens (tertiary/aromatic N) is 1. The first-order chi connectivity index (χ1) is 7.13. The third kappa shape index (κ3) is 3.25. The molecule has 1 aromatic heterocycles. The quantitative estimate of drug-likeness (QED) is 0.752. The van der Waals surface area contributed by atoms with Gasteiger partial charge in [0, 0.05) is 12.2 Å². The SMILES string of the molecule is N#Cc1ccsc1NC(=O)/C=C/C(=O)O. The maximum absolute atomic E-state index is 11.1. The molecule has 0 aliphatic rings. The Hall–Kier alpha value is -2.13. The highest BCUT2D eigenvalue weighted by Crippen LogP contribution is 2.21. The van der Waals surface area contributed by atoms with Gasteiger partial charge in [0.25, 0.3) is 0 Å². The van der Waals surface area contributed by atoms with Crippen molar-refractivity contribution in [3.05, 3.63) is 29.2 Å². The van der Waals surface area contributed by atoms with E-state index >= 15 is 0 Å². The van der Waals surface area contributed by atoms with E-state index in [1.54, 1.807) is 11.4 Å². The van der Waals surface area contributed by atoms with Gasteiger partial charge in [-0.05, 0) is 11.4 Å². The maximum Gasteiger partial charge on any atom is 0.328 e. The lowest BCUT2D eigenvalue weighted by molar-refractivity contribution is -0.131. The molecule has 0 aromatic carbocycles. The lowest BCUT2D eigenvalue weighted by atomic mass is 10.3. The molecule has 0 bridgehead atoms. The number of hydrogen-bond acceptors (Lipinski definition) is 4. The Morgan fingerprint density at radius 1 is 1.53 bits per heavy atom. The highest BCUT2D eigenvalue weighted by Gasteiger charge is 2.05. The van der Waals surface area contributed by atoms with Crippen LogP contribution in [0.1, 0.15) is 5.56 Å². The normalized spacial score (nSPS) is 9.80. The Kier molecular flexibility index (Phi) is 3.60. The van der Waals surface area contributed by atoms with Gasteiger partial charge in [0.05, 0.1) is 5.56 Å². The summed E-state index contributed by atoms with van der Waals surface area (Å²) in [6, 6.07) is 3.47. The third-order valence-corrected chi connectivity index (χ3v) is 2.23. The summed E-state index contributed by atoms with van der Waals surface area (Å²) < 4.78 is 0. The number of carbonyl (C=O) groups excluding carboxylic acids is 1. The lowest BCUT2D eigenvalue weighted by Gasteiger charge is -1.97. The van der Waals surface area contributed by atoms with Crippen LogP contribution in [0.25, 0.3) is 0 Å². The Balaban J connectivity index is 2.68. The summed E-state index contributed by atoms with van der Waals surface area (Å²) in [6.07, 6.45) is 1.62. The molecule has 5 nitrogen and oxygen atoms in total. The zero-order valence-corrected chi connectivity index (χ0v) is 8.25. The molecule has 1 amide bonds. The van der Waals surface area contributed by atoms with Gasteiger partial charge in [-0.25, -0.2) is 4.79 Å². The average molecular weight is 222 g/mol. The Morgan fingerprint density at radius 3 is 2.87 bits per heavy atom. The zero-order chi connectivity index (χ0) is 11.3. The molecule has 1 aromatic rings. The molecule has 0 saturated heterocycles. The molecule has 1 heterocycles. The number of nitriles is 1. The molecule has 0 unspecified atom stereocenters. The Labute approximate surface area is 89.3 Å². The summed E-state index contributed by atoms with van der Waals surface area (Å²) in [7, 11) is 0. The molecule has 0 radical (unpaired) electrons. The Bertz CT molecular complexity index is 456. The second kappa shape index (κ2) is 4.93. The van der Waals surface area contributed by atoms with E-state index in [-0.39, 0.29) is 0 Å². The van der Waals surface area contributed by atoms with Crippen LogP contribution in [0.15, 0.2) is 23.6 Å². The second-order valence-corrected chi connectivity index (χ2v) is 3.35. The van der Waals surface area contributed by atoms with Crippen molar-refractivity contribution in [1.82, 2.24) is 0 Å². The summed E-state index contributed by atoms with van der Waals surface area (Å²) >= 11 is 1.20. The molecule has 0 aliphatic carbocycles. The standard InChI is InChI=1S/C9H6N2O3S/c10-5-6-3-4-15-9(6)11-7(12)1-2-8(13)14/h1-4H,(H,11,12)(H,13,14)/b2-1+. The third-order valence-electron chi connectivity index (χ3n) is 1.40. The number of hydrogen-bond donors (Lipinski definition) is 2. The minimum Gasteiger partial charge on any atom is -0.478 e. The van der Waals surface area contributed by atoms with E-state index in [0.29, 0.717) is 10.6 Å². The van der Waals surface area contributed by atoms with Crippen molar-refractivity contribution >= 4 is 28.2 Å². The fourth-order valence-corrected chi connectivity index (χ4v) is 1.54. The number of anilines is 1. The Morgan fingerprint density at radius 2 is 2.27 bits per heavy atom. The summed E-state index contributed by atoms with van der Waals surface area (Å²) in [5.41, 5.74) is 0.358. The molecular weight excluding hydrogens is 216 g/mol. The van der Waals surface area contributed by atoms with Gasteiger partial charge >= 0.3 is 5.97 Å². The van der Waals surface area contributed by atoms with E-state index in [1.807, 2.05) is 6.07 Å². The van der Waals surface area contributed by atoms with Crippen LogP contribution in [0, 0.1) is 11.3 Å². The predicted octanol–water partition coefficient (Wildman–Crippen LogP) is 1.20. The van der Waals surface area contributed by atoms with Gasteiger partial charge in [0.2, 0.25) is 5.91 Å². The fraction of sp³-hybridized carbons (Fsp3) is 0. The zero-order valence-electron chi connectivity index (χ0n) is 7.43. The molecule has 1 rings (SSSR count). The van der Waals surface area contributed by atoms with Crippen molar-refractivity contribution in [2.75, 3.05) is 5.32 Å². The van der Waals surface area contributed by atoms with Crippen molar-refractivity contribution in [2.24, 2.45) is 0 Å². The van der Waals surface area contributed by atoms with Crippen LogP contribution in [0.5, 0.6) is 0 Å². The number of rotatable bonds is 3. The lowest BCUT2D eigenvalue weighted by Crippen LogP contribution is -2.08. The number of carboxylic acids is 1. The number of aliphatic carboxylic acids is 1. The number of carbonyl (C=O) groups is 2. The number of carboxylic acid groups (broad SMARTS) is 1. The first-order valence-corrected chi connectivity index (χ1v) is 4.71. The van der Waals surface area contributed by atoms with E-state index in [1.165, 1.54) is 11.3 Å². The number of thiophene rings is 1. The number of amides is 1. The van der Waals surface area contributed by atoms with Crippen molar-refractivity contribution in [3.8, 4) is 6.07 Å². The van der Waals surface area contributed by atoms with Gasteiger partial charge < -0.3 is 10.4 Å². The molecule has 76 valence electrons. The first-order valence-electron chi connectivity index (χ1n) is 3.83. The van der Waals surface area contributed by atoms with Crippen molar-refractivity contribution in [2.45, 2.75) is 0 Å². The van der Waals surface area contributed by atoms with Crippen LogP contribution in [0.2, 0.25) is 0 Å². The first kappa shape index (κ1) is 10.9. The van der Waals surface area contributed by atoms with Crippen molar-refractivity contribution < 1.29 is 14.7 Å². The van der Waals surface area contributed by atoms with E-state index in [0.717, 1.165) is 12.2 Å². The molecule has 15 heavy (non-hydrogen) atoms. The molecule has 2 N–H and O–H groups in total. The molecule has 0 spiro atoms. The molecule has 0 saturated carbocycles. The minimum absolute atomic E-state index is 0.358. The van der Waals surface area contributed by atoms with Crippen LogP contribution in [-0.4, -0.2) is 17.0 Å². The average Bonchev–Trinajstić information content (AvgIpc) is 2.62. The minimum atomic E-state index is -1.20. The maximum atomic E-state index is 11.1. The smallest absolute Gasteiger partial charge is 0.328 e. The molecular formula is C9H6N2O3S. The number of nitrogens with one attached hydrogen (secondary N) is 1. The van der Waals surface area contributed by atoms with E-state index in [4.69, 9.17) is 10.4 Å². The molecule has 6 heteroatoms. The predicted molar refractivity (Wildman–Crippen MR) is 54.4 cm³/mol. The molecule has 0 aliphatic heterocycles. The molecule has 0 atom stereocenters. The molecule has 0 fully saturated rings. The monoisotopic (exact) mass is 222 g/mol. The highest BCUT2D eigenvalue weighted by atomic mass is 32.1. The van der Waals surface area contributed by atoms with Gasteiger partial charge in [-0.2, -0.15) is 5.26 Å². The van der Waals surface area contributed by atoms with Gasteiger partial charge in [0.15, 0.2) is 0 Å². The van der Waals surface area contributed by atoms with E-state index in [9.17, 15) is 9.59 Å². The van der Waals surface area contributed by atoms with Gasteiger partial charge in [-0.1, -0.05) is 0 Å². The van der Waals surface area contributed by atoms with Crippen molar-refractivity contribution in [1.29, 1.82) is 5.26 Å². The second-order valence-electron chi connectivity index (χ2n) is 2.44. The summed E-state index contributed by atoms with van der Waals surface area (Å²) in [5, 5.41) is 21.4. The largest absolute Gasteiger partial charge is 0.478 e. The van der Waals surface area contributed by atoms with Gasteiger partial charge in [-0.15, -0.1) is 11.3 Å². The van der Waals surface area contributed by atoms with E-state index < -0.39 is 11.9 Å². The van der Waals surface area contributed by atoms with Gasteiger partial charge in [-0.3, -0.25) is 4.79 Å². The fourth-order valence-electron chi connectivity index (χ4n) is 0.795. The topological polar surface area (TPSA) is 90.2 Å². The van der Waals surface area contributed by atoms with Crippen LogP contribution in [0.3, 0.4) is 0 Å². The van der Waals surface area contributed by atoms with Crippen LogP contribution in [0.4, 0.5) is 5.00 Å². The van der Waals surface area contributed by atoms with Crippen LogP contribution >= 0.6 is 11.3 Å². The summed E-state index contributed by atoms with van der Waals surface area (Å²) in [4.78, 5) is 21.2. The highest BCUT2D eigenvalue weighted by molar-refractivity contribution is 7.14. The van der Waals surface area contributed by atoms with Gasteiger partial charge in [0.1, 0.15) is 11.1 Å². The van der Waals surface area contributed by atoms with Crippen LogP contribution < -0.4 is 5.32 Å². The summed E-state index contributed by atoms with van der Waals surface area (Å²) in [5.74, 6) is -1.77. The van der Waals surface area contributed by atoms with Crippen molar-refractivity contribution in [3.63, 3.8) is 0 Å². The van der Waals surface area contributed by atoms with Crippen LogP contribution in [-0.2, 0) is 9.59 Å². The summed E-state index contributed by atoms with van der Waals surface area (Å²) in [6.45, 7) is 0. The van der Waals surface area contributed by atoms with E-state index in [2.05, 4.69) is 5.32 Å².